The highest BCUT2D eigenvalue weighted by Crippen LogP contribution is 2.46. The highest BCUT2D eigenvalue weighted by Gasteiger charge is 2.50. The number of hydrogen-bond donors (Lipinski definition) is 2. The zero-order valence-corrected chi connectivity index (χ0v) is 62.1. The molecule has 0 saturated carbocycles. The molecule has 0 bridgehead atoms. The van der Waals surface area contributed by atoms with Crippen LogP contribution in [0.5, 0.6) is 0 Å². The number of aryl methyl sites for hydroxylation is 1. The third-order valence-electron chi connectivity index (χ3n) is 18.4. The topological polar surface area (TPSA) is 194 Å². The van der Waals surface area contributed by atoms with Gasteiger partial charge < -0.3 is 56.5 Å². The third kappa shape index (κ3) is 16.4. The summed E-state index contributed by atoms with van der Waals surface area (Å²) in [4.78, 5) is 41.8. The van der Waals surface area contributed by atoms with Crippen LogP contribution in [0.3, 0.4) is 0 Å². The number of ether oxygens (including phenoxy) is 4. The van der Waals surface area contributed by atoms with E-state index in [1.54, 1.807) is 44.1 Å². The number of carbonyl (C=O) groups is 2. The van der Waals surface area contributed by atoms with Gasteiger partial charge in [-0.25, -0.2) is 19.7 Å². The second-order valence-corrected chi connectivity index (χ2v) is 44.6. The molecule has 488 valence electrons. The number of imide groups is 1. The van der Waals surface area contributed by atoms with Crippen molar-refractivity contribution in [2.45, 2.75) is 278 Å². The Labute approximate surface area is 539 Å². The van der Waals surface area contributed by atoms with E-state index in [9.17, 15) is 19.8 Å². The number of carbonyl (C=O) groups excluding carboxylic acids is 2. The Bertz CT molecular complexity index is 3110. The molecule has 2 N–H and O–H groups in total. The van der Waals surface area contributed by atoms with E-state index in [-0.39, 0.29) is 83.2 Å². The first-order chi connectivity index (χ1) is 40.1. The summed E-state index contributed by atoms with van der Waals surface area (Å²) in [5.74, 6) is 0.374. The van der Waals surface area contributed by atoms with Crippen molar-refractivity contribution >= 4 is 98.2 Å². The summed E-state index contributed by atoms with van der Waals surface area (Å²) in [6, 6.07) is 1.75. The fraction of sp³-hybridized carbons (Fsp3) is 0.698. The average Bonchev–Trinajstić information content (AvgIpc) is 1.74. The van der Waals surface area contributed by atoms with Crippen molar-refractivity contribution in [3.63, 3.8) is 0 Å². The van der Waals surface area contributed by atoms with Gasteiger partial charge in [-0.1, -0.05) is 129 Å². The maximum Gasteiger partial charge on any atom is 0.423 e. The molecule has 3 fully saturated rings. The number of alkyl halides is 1. The third-order valence-corrected chi connectivity index (χ3v) is 33.1. The molecule has 9 atom stereocenters. The van der Waals surface area contributed by atoms with Gasteiger partial charge in [0.05, 0.1) is 60.2 Å². The van der Waals surface area contributed by atoms with Crippen LogP contribution in [-0.4, -0.2) is 135 Å². The number of aliphatic hydroxyl groups excluding tert-OH is 2. The standard InChI is InChI=1S/C23H39BrN2O5Si.C20H32ClN3O3Si.C20H31ClN2O3Si/c1-11-17-18(31-32(9,10)23(6,7)8)12-19(29-17)25-14-16(13-24)20(27)26(15(25)2)21(28)30-22(3,4)5;1-8-14-15(27-28(6,7)20(3,4)5)9-16(26-14)24-10-13(11-25)17-18(21)22-12(2)23-19(17)24;1-7-15-16(26-27(5,6)20(2,3)4)10-17(25-15)23-11-13(12-24)18-14(21)8-9-22-19(18)23/h14,17-19H,2,11-13H2,1,3-10H3;10,14-16,25H,8-9,11H2,1-7H3;8-9,11,15-17,24H,7,10,12H2,1-6H3/t17-,18?,19-;14-,15?,16-;15-,16?,17-/m111/s1. The first kappa shape index (κ1) is 73.0. The van der Waals surface area contributed by atoms with Crippen molar-refractivity contribution in [3.05, 3.63) is 76.0 Å². The largest absolute Gasteiger partial charge is 0.443 e. The van der Waals surface area contributed by atoms with Gasteiger partial charge in [0.25, 0.3) is 5.91 Å². The molecule has 8 rings (SSSR count). The number of pyridine rings is 1. The van der Waals surface area contributed by atoms with Gasteiger partial charge in [-0.15, -0.1) is 0 Å². The maximum atomic E-state index is 12.9. The predicted molar refractivity (Wildman–Crippen MR) is 357 cm³/mol. The number of hydrogen-bond acceptors (Lipinski definition) is 15. The van der Waals surface area contributed by atoms with Gasteiger partial charge in [-0.05, 0) is 107 Å². The van der Waals surface area contributed by atoms with Gasteiger partial charge in [0.1, 0.15) is 52.4 Å². The van der Waals surface area contributed by atoms with Crippen LogP contribution in [0.15, 0.2) is 48.8 Å². The van der Waals surface area contributed by atoms with E-state index >= 15 is 0 Å². The van der Waals surface area contributed by atoms with Crippen LogP contribution in [-0.2, 0) is 50.2 Å². The smallest absolute Gasteiger partial charge is 0.423 e. The molecule has 18 nitrogen and oxygen atoms in total. The molecule has 0 aliphatic carbocycles. The van der Waals surface area contributed by atoms with Crippen molar-refractivity contribution < 1.29 is 52.0 Å². The number of aromatic nitrogens is 5. The van der Waals surface area contributed by atoms with Crippen LogP contribution in [0.1, 0.15) is 172 Å². The minimum atomic E-state index is -2.00. The lowest BCUT2D eigenvalue weighted by molar-refractivity contribution is -0.128. The molecule has 87 heavy (non-hydrogen) atoms. The highest BCUT2D eigenvalue weighted by molar-refractivity contribution is 9.09. The van der Waals surface area contributed by atoms with Crippen LogP contribution in [0.4, 0.5) is 4.79 Å². The average molecular weight is 1370 g/mol. The normalized spacial score (nSPS) is 24.4. The molecule has 0 spiro atoms. The molecule has 4 aliphatic heterocycles. The maximum absolute atomic E-state index is 12.9. The lowest BCUT2D eigenvalue weighted by atomic mass is 10.1. The van der Waals surface area contributed by atoms with Gasteiger partial charge in [0.15, 0.2) is 25.0 Å². The molecule has 0 aromatic carbocycles. The second kappa shape index (κ2) is 28.0. The number of aliphatic hydroxyl groups is 2. The quantitative estimate of drug-likeness (QED) is 0.0648. The van der Waals surface area contributed by atoms with E-state index in [1.165, 1.54) is 0 Å². The van der Waals surface area contributed by atoms with Gasteiger partial charge in [0, 0.05) is 71.5 Å². The Kier molecular flexibility index (Phi) is 23.5. The minimum absolute atomic E-state index is 0.0348. The molecule has 3 saturated heterocycles. The molecule has 2 amide bonds. The molecule has 24 heteroatoms. The zero-order chi connectivity index (χ0) is 65.5. The fourth-order valence-corrected chi connectivity index (χ4v) is 15.5. The van der Waals surface area contributed by atoms with E-state index in [4.69, 9.17) is 55.4 Å². The molecular formula is C63H102BrCl2N7O11Si3. The van der Waals surface area contributed by atoms with E-state index in [2.05, 4.69) is 160 Å². The first-order valence-corrected chi connectivity index (χ1v) is 41.4. The second-order valence-electron chi connectivity index (χ2n) is 29.0. The lowest BCUT2D eigenvalue weighted by Gasteiger charge is -2.39. The molecule has 4 aliphatic rings. The van der Waals surface area contributed by atoms with Crippen LogP contribution in [0, 0.1) is 6.92 Å². The number of fused-ring (bicyclic) bond motifs is 2. The summed E-state index contributed by atoms with van der Waals surface area (Å²) in [5, 5.41) is 22.7. The van der Waals surface area contributed by atoms with Crippen molar-refractivity contribution in [3.8, 4) is 0 Å². The molecule has 3 unspecified atom stereocenters. The van der Waals surface area contributed by atoms with Crippen LogP contribution in [0.2, 0.25) is 64.6 Å². The Balaban J connectivity index is 0.000000209. The van der Waals surface area contributed by atoms with Crippen LogP contribution < -0.4 is 0 Å². The number of halogens is 3. The molecule has 8 heterocycles. The summed E-state index contributed by atoms with van der Waals surface area (Å²) in [6.07, 6.45) is 10.5. The minimum Gasteiger partial charge on any atom is -0.443 e. The number of amides is 2. The molecule has 4 aromatic rings. The van der Waals surface area contributed by atoms with E-state index in [0.29, 0.717) is 49.9 Å². The number of rotatable bonds is 15. The van der Waals surface area contributed by atoms with Crippen molar-refractivity contribution in [2.75, 3.05) is 5.33 Å². The van der Waals surface area contributed by atoms with Crippen LogP contribution >= 0.6 is 39.1 Å². The van der Waals surface area contributed by atoms with E-state index in [0.717, 1.165) is 53.6 Å². The van der Waals surface area contributed by atoms with Gasteiger partial charge in [-0.3, -0.25) is 4.79 Å². The zero-order valence-electron chi connectivity index (χ0n) is 56.0. The first-order valence-electron chi connectivity index (χ1n) is 30.8. The Hall–Kier alpha value is -3.08. The van der Waals surface area contributed by atoms with Crippen molar-refractivity contribution in [2.24, 2.45) is 0 Å². The Morgan fingerprint density at radius 1 is 0.690 bits per heavy atom. The molecule has 0 radical (unpaired) electrons. The summed E-state index contributed by atoms with van der Waals surface area (Å²) in [7, 11) is -5.79. The van der Waals surface area contributed by atoms with Crippen LogP contribution in [0.25, 0.3) is 22.1 Å². The van der Waals surface area contributed by atoms with E-state index < -0.39 is 48.8 Å². The molecule has 4 aromatic heterocycles. The van der Waals surface area contributed by atoms with Crippen molar-refractivity contribution in [1.29, 1.82) is 0 Å². The fourth-order valence-electron chi connectivity index (χ4n) is 10.4. The summed E-state index contributed by atoms with van der Waals surface area (Å²) < 4.78 is 48.7. The number of nitrogens with zero attached hydrogens (tertiary/aromatic N) is 7. The summed E-state index contributed by atoms with van der Waals surface area (Å²) in [6.45, 7) is 51.0. The van der Waals surface area contributed by atoms with Crippen molar-refractivity contribution in [1.82, 2.24) is 33.9 Å². The SMILES string of the molecule is C=C1N(C(=O)OC(C)(C)C)C(=O)C(CBr)=CN1[C@H]1CC(O[Si](C)(C)C(C)(C)C)[C@@H](CC)O1.CC[C@H]1O[C@@H](n2cc(CO)c3c(Cl)ccnc32)CC1O[Si](C)(C)C(C)(C)C.CC[C@H]1O[C@@H](n2cc(CO)c3c(Cl)nc(C)nc32)CC1O[Si](C)(C)C(C)(C)C. The van der Waals surface area contributed by atoms with Gasteiger partial charge in [-0.2, -0.15) is 4.90 Å². The highest BCUT2D eigenvalue weighted by atomic mass is 79.9. The summed E-state index contributed by atoms with van der Waals surface area (Å²) in [5.41, 5.74) is 2.62. The predicted octanol–water partition coefficient (Wildman–Crippen LogP) is 16.0. The lowest BCUT2D eigenvalue weighted by Crippen LogP contribution is -2.50. The van der Waals surface area contributed by atoms with E-state index in [1.807, 2.05) is 28.5 Å². The molecular weight excluding hydrogens is 1270 g/mol. The summed E-state index contributed by atoms with van der Waals surface area (Å²) >= 11 is 16.1. The monoisotopic (exact) mass is 1370 g/mol. The Morgan fingerprint density at radius 2 is 1.10 bits per heavy atom. The van der Waals surface area contributed by atoms with Gasteiger partial charge in [0.2, 0.25) is 0 Å². The van der Waals surface area contributed by atoms with Gasteiger partial charge >= 0.3 is 6.09 Å². The Morgan fingerprint density at radius 3 is 1.51 bits per heavy atom.